The Hall–Kier alpha value is -2.08. The number of carbonyl (C=O) groups is 1. The maximum absolute atomic E-state index is 14.5. The first-order valence-electron chi connectivity index (χ1n) is 8.25. The highest BCUT2D eigenvalue weighted by molar-refractivity contribution is 5.84. The maximum atomic E-state index is 14.5. The summed E-state index contributed by atoms with van der Waals surface area (Å²) in [4.78, 5) is 13.8. The Bertz CT molecular complexity index is 584. The zero-order valence-corrected chi connectivity index (χ0v) is 14.5. The SMILES string of the molecule is C=CCNC(=O)[C@H](C)Nc1ccc(N2C[C@H](C)O[C@@H](C)C2)c(F)c1. The zero-order valence-electron chi connectivity index (χ0n) is 14.5. The quantitative estimate of drug-likeness (QED) is 0.785. The number of halogens is 1. The molecule has 0 aliphatic carbocycles. The molecule has 0 unspecified atom stereocenters. The van der Waals surface area contributed by atoms with Gasteiger partial charge in [-0.1, -0.05) is 6.08 Å². The lowest BCUT2D eigenvalue weighted by Gasteiger charge is -2.37. The van der Waals surface area contributed by atoms with E-state index in [-0.39, 0.29) is 23.9 Å². The summed E-state index contributed by atoms with van der Waals surface area (Å²) in [5.74, 6) is -0.463. The van der Waals surface area contributed by atoms with Gasteiger partial charge in [0.1, 0.15) is 11.9 Å². The first kappa shape index (κ1) is 18.3. The van der Waals surface area contributed by atoms with Gasteiger partial charge in [0.25, 0.3) is 0 Å². The third-order valence-corrected chi connectivity index (χ3v) is 3.91. The molecule has 5 nitrogen and oxygen atoms in total. The molecule has 6 heteroatoms. The molecule has 1 aromatic carbocycles. The third kappa shape index (κ3) is 4.71. The number of carbonyl (C=O) groups excluding carboxylic acids is 1. The van der Waals surface area contributed by atoms with E-state index in [1.807, 2.05) is 18.7 Å². The van der Waals surface area contributed by atoms with Gasteiger partial charge < -0.3 is 20.3 Å². The van der Waals surface area contributed by atoms with Crippen molar-refractivity contribution >= 4 is 17.3 Å². The molecule has 1 aromatic rings. The summed E-state index contributed by atoms with van der Waals surface area (Å²) in [6.45, 7) is 11.0. The van der Waals surface area contributed by atoms with Gasteiger partial charge in [0.05, 0.1) is 17.9 Å². The normalized spacial score (nSPS) is 21.9. The highest BCUT2D eigenvalue weighted by Gasteiger charge is 2.24. The molecule has 1 saturated heterocycles. The number of ether oxygens (including phenoxy) is 1. The van der Waals surface area contributed by atoms with Crippen LogP contribution in [0.3, 0.4) is 0 Å². The number of nitrogens with one attached hydrogen (secondary N) is 2. The van der Waals surface area contributed by atoms with Gasteiger partial charge in [0.2, 0.25) is 5.91 Å². The Kier molecular flexibility index (Phi) is 6.20. The molecule has 1 heterocycles. The molecule has 0 aromatic heterocycles. The van der Waals surface area contributed by atoms with E-state index in [2.05, 4.69) is 17.2 Å². The summed E-state index contributed by atoms with van der Waals surface area (Å²) in [5.41, 5.74) is 1.14. The minimum Gasteiger partial charge on any atom is -0.374 e. The van der Waals surface area contributed by atoms with Crippen LogP contribution in [-0.4, -0.2) is 43.8 Å². The molecule has 1 aliphatic heterocycles. The Morgan fingerprint density at radius 3 is 2.71 bits per heavy atom. The summed E-state index contributed by atoms with van der Waals surface area (Å²) in [7, 11) is 0. The molecule has 0 saturated carbocycles. The van der Waals surface area contributed by atoms with E-state index in [1.165, 1.54) is 6.07 Å². The van der Waals surface area contributed by atoms with Crippen molar-refractivity contribution in [2.24, 2.45) is 0 Å². The van der Waals surface area contributed by atoms with Crippen LogP contribution in [0.4, 0.5) is 15.8 Å². The zero-order chi connectivity index (χ0) is 17.7. The third-order valence-electron chi connectivity index (χ3n) is 3.91. The van der Waals surface area contributed by atoms with Gasteiger partial charge in [0, 0.05) is 25.3 Å². The summed E-state index contributed by atoms with van der Waals surface area (Å²) in [6.07, 6.45) is 1.75. The monoisotopic (exact) mass is 335 g/mol. The van der Waals surface area contributed by atoms with Crippen LogP contribution in [-0.2, 0) is 9.53 Å². The molecule has 2 rings (SSSR count). The minimum absolute atomic E-state index is 0.0690. The number of rotatable bonds is 6. The topological polar surface area (TPSA) is 53.6 Å². The van der Waals surface area contributed by atoms with Crippen molar-refractivity contribution in [3.05, 3.63) is 36.7 Å². The number of amides is 1. The Balaban J connectivity index is 2.04. The fourth-order valence-corrected chi connectivity index (χ4v) is 2.87. The summed E-state index contributed by atoms with van der Waals surface area (Å²) >= 11 is 0. The van der Waals surface area contributed by atoms with Gasteiger partial charge in [0.15, 0.2) is 0 Å². The second-order valence-electron chi connectivity index (χ2n) is 6.23. The summed E-state index contributed by atoms with van der Waals surface area (Å²) in [5, 5.41) is 5.71. The van der Waals surface area contributed by atoms with Crippen molar-refractivity contribution in [2.75, 3.05) is 29.9 Å². The van der Waals surface area contributed by atoms with Gasteiger partial charge >= 0.3 is 0 Å². The van der Waals surface area contributed by atoms with E-state index in [0.717, 1.165) is 0 Å². The van der Waals surface area contributed by atoms with Crippen molar-refractivity contribution < 1.29 is 13.9 Å². The molecule has 0 radical (unpaired) electrons. The van der Waals surface area contributed by atoms with Crippen molar-refractivity contribution in [2.45, 2.75) is 39.0 Å². The number of anilines is 2. The summed E-state index contributed by atoms with van der Waals surface area (Å²) in [6, 6.07) is 4.51. The standard InChI is InChI=1S/C18H26FN3O2/c1-5-8-20-18(23)14(4)21-15-6-7-17(16(19)9-15)22-10-12(2)24-13(3)11-22/h5-7,9,12-14,21H,1,8,10-11H2,2-4H3,(H,20,23)/t12-,13-,14-/m0/s1. The summed E-state index contributed by atoms with van der Waals surface area (Å²) < 4.78 is 20.2. The van der Waals surface area contributed by atoms with E-state index < -0.39 is 6.04 Å². The Morgan fingerprint density at radius 1 is 1.46 bits per heavy atom. The van der Waals surface area contributed by atoms with Gasteiger partial charge in [-0.15, -0.1) is 6.58 Å². The molecule has 0 spiro atoms. The van der Waals surface area contributed by atoms with E-state index in [1.54, 1.807) is 25.1 Å². The number of hydrogen-bond donors (Lipinski definition) is 2. The van der Waals surface area contributed by atoms with Crippen molar-refractivity contribution in [1.82, 2.24) is 5.32 Å². The lowest BCUT2D eigenvalue weighted by atomic mass is 10.1. The average Bonchev–Trinajstić information content (AvgIpc) is 2.51. The second-order valence-corrected chi connectivity index (χ2v) is 6.23. The lowest BCUT2D eigenvalue weighted by molar-refractivity contribution is -0.121. The Labute approximate surface area is 142 Å². The molecule has 24 heavy (non-hydrogen) atoms. The van der Waals surface area contributed by atoms with E-state index in [9.17, 15) is 9.18 Å². The van der Waals surface area contributed by atoms with Crippen LogP contribution in [0.15, 0.2) is 30.9 Å². The Morgan fingerprint density at radius 2 is 2.12 bits per heavy atom. The second kappa shape index (κ2) is 8.15. The van der Waals surface area contributed by atoms with Crippen molar-refractivity contribution in [1.29, 1.82) is 0 Å². The van der Waals surface area contributed by atoms with E-state index in [4.69, 9.17) is 4.74 Å². The molecular weight excluding hydrogens is 309 g/mol. The molecule has 2 N–H and O–H groups in total. The van der Waals surface area contributed by atoms with Crippen LogP contribution in [0, 0.1) is 5.82 Å². The number of nitrogens with zero attached hydrogens (tertiary/aromatic N) is 1. The van der Waals surface area contributed by atoms with Crippen LogP contribution in [0.25, 0.3) is 0 Å². The molecule has 1 amide bonds. The maximum Gasteiger partial charge on any atom is 0.242 e. The van der Waals surface area contributed by atoms with Crippen molar-refractivity contribution in [3.63, 3.8) is 0 Å². The molecule has 132 valence electrons. The van der Waals surface area contributed by atoms with Crippen LogP contribution < -0.4 is 15.5 Å². The van der Waals surface area contributed by atoms with Crippen LogP contribution in [0.2, 0.25) is 0 Å². The molecular formula is C18H26FN3O2. The fourth-order valence-electron chi connectivity index (χ4n) is 2.87. The highest BCUT2D eigenvalue weighted by Crippen LogP contribution is 2.26. The van der Waals surface area contributed by atoms with E-state index in [0.29, 0.717) is 31.0 Å². The van der Waals surface area contributed by atoms with E-state index >= 15 is 0 Å². The van der Waals surface area contributed by atoms with Crippen molar-refractivity contribution in [3.8, 4) is 0 Å². The fraction of sp³-hybridized carbons (Fsp3) is 0.500. The van der Waals surface area contributed by atoms with Crippen LogP contribution >= 0.6 is 0 Å². The van der Waals surface area contributed by atoms with Gasteiger partial charge in [-0.05, 0) is 39.0 Å². The predicted octanol–water partition coefficient (Wildman–Crippen LogP) is 2.54. The lowest BCUT2D eigenvalue weighted by Crippen LogP contribution is -2.45. The average molecular weight is 335 g/mol. The minimum atomic E-state index is -0.460. The van der Waals surface area contributed by atoms with Gasteiger partial charge in [-0.3, -0.25) is 4.79 Å². The number of hydrogen-bond acceptors (Lipinski definition) is 4. The number of morpholine rings is 1. The van der Waals surface area contributed by atoms with Gasteiger partial charge in [-0.2, -0.15) is 0 Å². The first-order valence-corrected chi connectivity index (χ1v) is 8.25. The van der Waals surface area contributed by atoms with Crippen LogP contribution in [0.5, 0.6) is 0 Å². The molecule has 0 bridgehead atoms. The molecule has 1 fully saturated rings. The van der Waals surface area contributed by atoms with Gasteiger partial charge in [-0.25, -0.2) is 4.39 Å². The highest BCUT2D eigenvalue weighted by atomic mass is 19.1. The van der Waals surface area contributed by atoms with Crippen LogP contribution in [0.1, 0.15) is 20.8 Å². The smallest absolute Gasteiger partial charge is 0.242 e. The molecule has 3 atom stereocenters. The number of benzene rings is 1. The predicted molar refractivity (Wildman–Crippen MR) is 94.9 cm³/mol. The largest absolute Gasteiger partial charge is 0.374 e. The molecule has 1 aliphatic rings. The first-order chi connectivity index (χ1) is 11.4.